The molecule has 0 fully saturated rings. The molecule has 3 rings (SSSR count). The monoisotopic (exact) mass is 341 g/mol. The predicted octanol–water partition coefficient (Wildman–Crippen LogP) is 4.71. The smallest absolute Gasteiger partial charge is 0.405 e. The van der Waals surface area contributed by atoms with Crippen LogP contribution < -0.4 is 10.1 Å². The van der Waals surface area contributed by atoms with E-state index in [0.29, 0.717) is 11.3 Å². The summed E-state index contributed by atoms with van der Waals surface area (Å²) < 4.78 is 41.9. The molecule has 1 amide bonds. The van der Waals surface area contributed by atoms with Gasteiger partial charge in [0.15, 0.2) is 0 Å². The number of halogens is 4. The topological polar surface area (TPSA) is 38.3 Å². The molecule has 7 heteroatoms. The van der Waals surface area contributed by atoms with Crippen LogP contribution in [0.5, 0.6) is 5.75 Å². The van der Waals surface area contributed by atoms with Crippen LogP contribution in [0.2, 0.25) is 5.02 Å². The van der Waals surface area contributed by atoms with Crippen LogP contribution in [0.3, 0.4) is 0 Å². The molecular formula is C16H11ClF3NO2. The van der Waals surface area contributed by atoms with Gasteiger partial charge in [-0.15, -0.1) is 13.2 Å². The highest BCUT2D eigenvalue weighted by Gasteiger charge is 2.33. The Morgan fingerprint density at radius 3 is 2.70 bits per heavy atom. The van der Waals surface area contributed by atoms with Gasteiger partial charge in [-0.1, -0.05) is 17.7 Å². The number of nitrogens with one attached hydrogen (secondary N) is 1. The van der Waals surface area contributed by atoms with Crippen molar-refractivity contribution in [1.29, 1.82) is 0 Å². The third-order valence-corrected chi connectivity index (χ3v) is 3.84. The molecule has 0 aromatic heterocycles. The lowest BCUT2D eigenvalue weighted by atomic mass is 9.97. The molecule has 0 atom stereocenters. The second-order valence-electron chi connectivity index (χ2n) is 5.21. The quantitative estimate of drug-likeness (QED) is 0.859. The Kier molecular flexibility index (Phi) is 3.72. The SMILES string of the molecule is Cc1cc(-c2c(Cl)cccc2OC(F)(F)F)cc2c1NC(=O)C2. The number of anilines is 1. The average molecular weight is 342 g/mol. The van der Waals surface area contributed by atoms with E-state index in [1.54, 1.807) is 19.1 Å². The van der Waals surface area contributed by atoms with E-state index < -0.39 is 6.36 Å². The van der Waals surface area contributed by atoms with Crippen molar-refractivity contribution in [1.82, 2.24) is 0 Å². The minimum Gasteiger partial charge on any atom is -0.405 e. The maximum atomic E-state index is 12.6. The van der Waals surface area contributed by atoms with Crippen molar-refractivity contribution in [2.75, 3.05) is 5.32 Å². The number of carbonyl (C=O) groups excluding carboxylic acids is 1. The molecule has 2 aromatic carbocycles. The van der Waals surface area contributed by atoms with Crippen LogP contribution in [-0.2, 0) is 11.2 Å². The van der Waals surface area contributed by atoms with Gasteiger partial charge in [-0.25, -0.2) is 0 Å². The van der Waals surface area contributed by atoms with Gasteiger partial charge in [-0.3, -0.25) is 4.79 Å². The lowest BCUT2D eigenvalue weighted by Crippen LogP contribution is -2.17. The molecule has 0 aliphatic carbocycles. The zero-order chi connectivity index (χ0) is 16.8. The van der Waals surface area contributed by atoms with E-state index in [-0.39, 0.29) is 28.7 Å². The summed E-state index contributed by atoms with van der Waals surface area (Å²) in [6.45, 7) is 1.77. The number of aryl methyl sites for hydroxylation is 1. The summed E-state index contributed by atoms with van der Waals surface area (Å²) in [7, 11) is 0. The van der Waals surface area contributed by atoms with Gasteiger partial charge in [-0.2, -0.15) is 0 Å². The van der Waals surface area contributed by atoms with Gasteiger partial charge in [0.1, 0.15) is 5.75 Å². The van der Waals surface area contributed by atoms with E-state index in [0.717, 1.165) is 11.1 Å². The van der Waals surface area contributed by atoms with Crippen molar-refractivity contribution in [3.8, 4) is 16.9 Å². The Bertz CT molecular complexity index is 803. The molecular weight excluding hydrogens is 331 g/mol. The van der Waals surface area contributed by atoms with Crippen LogP contribution in [-0.4, -0.2) is 12.3 Å². The van der Waals surface area contributed by atoms with Crippen molar-refractivity contribution < 1.29 is 22.7 Å². The van der Waals surface area contributed by atoms with Gasteiger partial charge in [0, 0.05) is 11.3 Å². The maximum Gasteiger partial charge on any atom is 0.573 e. The molecule has 1 heterocycles. The third kappa shape index (κ3) is 3.12. The van der Waals surface area contributed by atoms with E-state index in [9.17, 15) is 18.0 Å². The van der Waals surface area contributed by atoms with Crippen LogP contribution in [0.25, 0.3) is 11.1 Å². The zero-order valence-corrected chi connectivity index (χ0v) is 12.7. The largest absolute Gasteiger partial charge is 0.573 e. The minimum atomic E-state index is -4.82. The first-order valence-electron chi connectivity index (χ1n) is 6.72. The normalized spacial score (nSPS) is 13.7. The second kappa shape index (κ2) is 5.45. The summed E-state index contributed by atoms with van der Waals surface area (Å²) >= 11 is 6.09. The van der Waals surface area contributed by atoms with Crippen molar-refractivity contribution in [2.24, 2.45) is 0 Å². The highest BCUT2D eigenvalue weighted by atomic mass is 35.5. The van der Waals surface area contributed by atoms with E-state index >= 15 is 0 Å². The molecule has 1 N–H and O–H groups in total. The predicted molar refractivity (Wildman–Crippen MR) is 80.6 cm³/mol. The number of alkyl halides is 3. The van der Waals surface area contributed by atoms with Gasteiger partial charge in [-0.05, 0) is 47.9 Å². The number of ether oxygens (including phenoxy) is 1. The maximum absolute atomic E-state index is 12.6. The Morgan fingerprint density at radius 1 is 1.26 bits per heavy atom. The standard InChI is InChI=1S/C16H11ClF3NO2/c1-8-5-9(6-10-7-13(22)21-15(8)10)14-11(17)3-2-4-12(14)23-16(18,19)20/h2-6H,7H2,1H3,(H,21,22). The van der Waals surface area contributed by atoms with E-state index in [4.69, 9.17) is 11.6 Å². The fraction of sp³-hybridized carbons (Fsp3) is 0.188. The molecule has 2 aromatic rings. The summed E-state index contributed by atoms with van der Waals surface area (Å²) in [6.07, 6.45) is -4.63. The lowest BCUT2D eigenvalue weighted by Gasteiger charge is -2.16. The second-order valence-corrected chi connectivity index (χ2v) is 5.62. The first-order valence-corrected chi connectivity index (χ1v) is 7.10. The number of amides is 1. The summed E-state index contributed by atoms with van der Waals surface area (Å²) in [5, 5.41) is 2.87. The van der Waals surface area contributed by atoms with E-state index in [1.807, 2.05) is 0 Å². The van der Waals surface area contributed by atoms with Crippen molar-refractivity contribution in [2.45, 2.75) is 19.7 Å². The van der Waals surface area contributed by atoms with E-state index in [2.05, 4.69) is 10.1 Å². The molecule has 120 valence electrons. The van der Waals surface area contributed by atoms with Crippen LogP contribution >= 0.6 is 11.6 Å². The first kappa shape index (κ1) is 15.7. The third-order valence-electron chi connectivity index (χ3n) is 3.52. The number of rotatable bonds is 2. The molecule has 0 saturated carbocycles. The minimum absolute atomic E-state index is 0.142. The molecule has 1 aliphatic heterocycles. The van der Waals surface area contributed by atoms with Gasteiger partial charge < -0.3 is 10.1 Å². The number of hydrogen-bond donors (Lipinski definition) is 1. The first-order chi connectivity index (χ1) is 10.7. The lowest BCUT2D eigenvalue weighted by molar-refractivity contribution is -0.274. The molecule has 0 saturated heterocycles. The fourth-order valence-electron chi connectivity index (χ4n) is 2.67. The Balaban J connectivity index is 2.15. The van der Waals surface area contributed by atoms with Gasteiger partial charge in [0.25, 0.3) is 0 Å². The highest BCUT2D eigenvalue weighted by Crippen LogP contribution is 2.41. The van der Waals surface area contributed by atoms with Crippen LogP contribution in [0, 0.1) is 6.92 Å². The highest BCUT2D eigenvalue weighted by molar-refractivity contribution is 6.33. The van der Waals surface area contributed by atoms with Crippen LogP contribution in [0.1, 0.15) is 11.1 Å². The van der Waals surface area contributed by atoms with Gasteiger partial charge in [0.2, 0.25) is 5.91 Å². The zero-order valence-electron chi connectivity index (χ0n) is 11.9. The fourth-order valence-corrected chi connectivity index (χ4v) is 2.95. The van der Waals surface area contributed by atoms with E-state index in [1.165, 1.54) is 18.2 Å². The van der Waals surface area contributed by atoms with Crippen LogP contribution in [0.15, 0.2) is 30.3 Å². The molecule has 1 aliphatic rings. The van der Waals surface area contributed by atoms with Crippen molar-refractivity contribution in [3.63, 3.8) is 0 Å². The molecule has 0 spiro atoms. The Labute approximate surface area is 135 Å². The van der Waals surface area contributed by atoms with Crippen molar-refractivity contribution >= 4 is 23.2 Å². The van der Waals surface area contributed by atoms with Gasteiger partial charge >= 0.3 is 6.36 Å². The number of carbonyl (C=O) groups is 1. The molecule has 23 heavy (non-hydrogen) atoms. The molecule has 0 unspecified atom stereocenters. The molecule has 3 nitrogen and oxygen atoms in total. The number of hydrogen-bond acceptors (Lipinski definition) is 2. The average Bonchev–Trinajstić information content (AvgIpc) is 2.78. The summed E-state index contributed by atoms with van der Waals surface area (Å²) in [6, 6.07) is 7.42. The Hall–Kier alpha value is -2.21. The summed E-state index contributed by atoms with van der Waals surface area (Å²) in [5.41, 5.74) is 2.80. The number of fused-ring (bicyclic) bond motifs is 1. The summed E-state index contributed by atoms with van der Waals surface area (Å²) in [4.78, 5) is 11.5. The Morgan fingerprint density at radius 2 is 2.00 bits per heavy atom. The molecule has 0 radical (unpaired) electrons. The molecule has 0 bridgehead atoms. The summed E-state index contributed by atoms with van der Waals surface area (Å²) in [5.74, 6) is -0.521. The van der Waals surface area contributed by atoms with Crippen LogP contribution in [0.4, 0.5) is 18.9 Å². The number of benzene rings is 2. The van der Waals surface area contributed by atoms with Crippen molar-refractivity contribution in [3.05, 3.63) is 46.5 Å². The van der Waals surface area contributed by atoms with Gasteiger partial charge in [0.05, 0.1) is 11.4 Å².